The Labute approximate surface area is 147 Å². The zero-order valence-corrected chi connectivity index (χ0v) is 14.1. The molecule has 0 saturated heterocycles. The van der Waals surface area contributed by atoms with Crippen molar-refractivity contribution in [1.29, 1.82) is 0 Å². The summed E-state index contributed by atoms with van der Waals surface area (Å²) in [5.74, 6) is -0.434. The predicted octanol–water partition coefficient (Wildman–Crippen LogP) is 4.76. The van der Waals surface area contributed by atoms with Crippen LogP contribution in [0.1, 0.15) is 22.0 Å². The molecular formula is C15H11Cl4NO2. The molecule has 3 nitrogen and oxygen atoms in total. The van der Waals surface area contributed by atoms with E-state index in [0.29, 0.717) is 15.6 Å². The quantitative estimate of drug-likeness (QED) is 0.805. The summed E-state index contributed by atoms with van der Waals surface area (Å²) in [6.45, 7) is -0.0248. The first-order chi connectivity index (χ1) is 10.4. The summed E-state index contributed by atoms with van der Waals surface area (Å²) in [6, 6.07) is 9.50. The lowest BCUT2D eigenvalue weighted by Crippen LogP contribution is -2.28. The van der Waals surface area contributed by atoms with Gasteiger partial charge in [0.05, 0.1) is 21.7 Å². The van der Waals surface area contributed by atoms with Gasteiger partial charge < -0.3 is 10.4 Å². The normalized spacial score (nSPS) is 12.0. The summed E-state index contributed by atoms with van der Waals surface area (Å²) >= 11 is 23.6. The Balaban J connectivity index is 2.06. The monoisotopic (exact) mass is 377 g/mol. The van der Waals surface area contributed by atoms with Gasteiger partial charge in [-0.05, 0) is 24.3 Å². The summed E-state index contributed by atoms with van der Waals surface area (Å²) < 4.78 is 0. The van der Waals surface area contributed by atoms with Gasteiger partial charge in [0.2, 0.25) is 0 Å². The van der Waals surface area contributed by atoms with Crippen LogP contribution in [0.3, 0.4) is 0 Å². The van der Waals surface area contributed by atoms with Crippen molar-refractivity contribution in [2.75, 3.05) is 6.54 Å². The van der Waals surface area contributed by atoms with E-state index in [1.807, 2.05) is 0 Å². The average Bonchev–Trinajstić information content (AvgIpc) is 2.47. The van der Waals surface area contributed by atoms with Gasteiger partial charge in [-0.15, -0.1) is 0 Å². The van der Waals surface area contributed by atoms with Gasteiger partial charge >= 0.3 is 0 Å². The second-order valence-electron chi connectivity index (χ2n) is 4.49. The first kappa shape index (κ1) is 17.4. The molecule has 0 spiro atoms. The van der Waals surface area contributed by atoms with Crippen LogP contribution in [0, 0.1) is 0 Å². The van der Waals surface area contributed by atoms with Crippen LogP contribution in [0.5, 0.6) is 0 Å². The summed E-state index contributed by atoms with van der Waals surface area (Å²) in [6.07, 6.45) is -0.966. The number of aliphatic hydroxyl groups is 1. The second-order valence-corrected chi connectivity index (χ2v) is 6.12. The van der Waals surface area contributed by atoms with Crippen LogP contribution in [-0.2, 0) is 0 Å². The minimum atomic E-state index is -0.966. The number of carbonyl (C=O) groups excluding carboxylic acids is 1. The van der Waals surface area contributed by atoms with Gasteiger partial charge in [0.15, 0.2) is 0 Å². The predicted molar refractivity (Wildman–Crippen MR) is 90.2 cm³/mol. The highest BCUT2D eigenvalue weighted by molar-refractivity contribution is 6.43. The Kier molecular flexibility index (Phi) is 5.95. The van der Waals surface area contributed by atoms with E-state index in [4.69, 9.17) is 46.4 Å². The lowest BCUT2D eigenvalue weighted by molar-refractivity contribution is 0.0916. The zero-order valence-electron chi connectivity index (χ0n) is 11.1. The van der Waals surface area contributed by atoms with Crippen LogP contribution in [0.15, 0.2) is 36.4 Å². The number of benzene rings is 2. The molecule has 22 heavy (non-hydrogen) atoms. The van der Waals surface area contributed by atoms with Crippen molar-refractivity contribution >= 4 is 52.3 Å². The Morgan fingerprint density at radius 3 is 2.50 bits per heavy atom. The number of hydrogen-bond acceptors (Lipinski definition) is 2. The van der Waals surface area contributed by atoms with Crippen molar-refractivity contribution in [3.05, 3.63) is 67.6 Å². The van der Waals surface area contributed by atoms with Crippen molar-refractivity contribution in [1.82, 2.24) is 5.32 Å². The molecule has 0 bridgehead atoms. The van der Waals surface area contributed by atoms with Crippen molar-refractivity contribution in [2.24, 2.45) is 0 Å². The van der Waals surface area contributed by atoms with Crippen molar-refractivity contribution < 1.29 is 9.90 Å². The largest absolute Gasteiger partial charge is 0.387 e. The second kappa shape index (κ2) is 7.53. The fraction of sp³-hybridized carbons (Fsp3) is 0.133. The molecule has 116 valence electrons. The van der Waals surface area contributed by atoms with E-state index >= 15 is 0 Å². The number of rotatable bonds is 4. The van der Waals surface area contributed by atoms with Gasteiger partial charge in [0, 0.05) is 22.2 Å². The fourth-order valence-corrected chi connectivity index (χ4v) is 2.77. The third kappa shape index (κ3) is 4.06. The number of hydrogen-bond donors (Lipinski definition) is 2. The van der Waals surface area contributed by atoms with E-state index in [0.717, 1.165) is 0 Å². The molecule has 2 aromatic carbocycles. The summed E-state index contributed by atoms with van der Waals surface area (Å²) in [7, 11) is 0. The van der Waals surface area contributed by atoms with Gasteiger partial charge in [-0.1, -0.05) is 58.5 Å². The molecule has 0 unspecified atom stereocenters. The smallest absolute Gasteiger partial charge is 0.252 e. The minimum Gasteiger partial charge on any atom is -0.387 e. The third-order valence-electron chi connectivity index (χ3n) is 2.97. The topological polar surface area (TPSA) is 49.3 Å². The molecule has 0 fully saturated rings. The van der Waals surface area contributed by atoms with E-state index in [-0.39, 0.29) is 22.2 Å². The van der Waals surface area contributed by atoms with E-state index in [1.54, 1.807) is 30.3 Å². The average molecular weight is 379 g/mol. The van der Waals surface area contributed by atoms with Gasteiger partial charge in [-0.25, -0.2) is 0 Å². The molecule has 0 aliphatic rings. The maximum absolute atomic E-state index is 12.1. The van der Waals surface area contributed by atoms with Gasteiger partial charge in [-0.2, -0.15) is 0 Å². The molecule has 2 rings (SSSR count). The van der Waals surface area contributed by atoms with E-state index in [1.165, 1.54) is 6.07 Å². The van der Waals surface area contributed by atoms with E-state index in [9.17, 15) is 9.90 Å². The highest BCUT2D eigenvalue weighted by atomic mass is 35.5. The third-order valence-corrected chi connectivity index (χ3v) is 4.36. The van der Waals surface area contributed by atoms with Gasteiger partial charge in [0.25, 0.3) is 5.91 Å². The highest BCUT2D eigenvalue weighted by Gasteiger charge is 2.16. The number of halogens is 4. The molecule has 0 aromatic heterocycles. The molecule has 0 aliphatic carbocycles. The van der Waals surface area contributed by atoms with Crippen molar-refractivity contribution in [3.63, 3.8) is 0 Å². The first-order valence-corrected chi connectivity index (χ1v) is 7.76. The lowest BCUT2D eigenvalue weighted by Gasteiger charge is -2.14. The molecule has 2 N–H and O–H groups in total. The van der Waals surface area contributed by atoms with Crippen LogP contribution < -0.4 is 5.32 Å². The molecule has 0 aliphatic heterocycles. The van der Waals surface area contributed by atoms with E-state index in [2.05, 4.69) is 5.32 Å². The summed E-state index contributed by atoms with van der Waals surface area (Å²) in [5, 5.41) is 13.9. The van der Waals surface area contributed by atoms with Gasteiger partial charge in [-0.3, -0.25) is 4.79 Å². The van der Waals surface area contributed by atoms with Crippen molar-refractivity contribution in [2.45, 2.75) is 6.10 Å². The molecule has 0 saturated carbocycles. The first-order valence-electron chi connectivity index (χ1n) is 6.25. The number of amides is 1. The Morgan fingerprint density at radius 1 is 1.09 bits per heavy atom. The van der Waals surface area contributed by atoms with Crippen molar-refractivity contribution in [3.8, 4) is 0 Å². The number of aliphatic hydroxyl groups excluding tert-OH is 1. The fourth-order valence-electron chi connectivity index (χ4n) is 1.85. The summed E-state index contributed by atoms with van der Waals surface area (Å²) in [4.78, 5) is 12.1. The molecule has 0 heterocycles. The zero-order chi connectivity index (χ0) is 16.3. The number of carbonyl (C=O) groups is 1. The SMILES string of the molecule is O=C(NC[C@H](O)c1ccc(Cl)cc1Cl)c1cccc(Cl)c1Cl. The summed E-state index contributed by atoms with van der Waals surface area (Å²) in [5.41, 5.74) is 0.715. The molecule has 7 heteroatoms. The molecule has 0 radical (unpaired) electrons. The van der Waals surface area contributed by atoms with Gasteiger partial charge in [0.1, 0.15) is 0 Å². The lowest BCUT2D eigenvalue weighted by atomic mass is 10.1. The van der Waals surface area contributed by atoms with E-state index < -0.39 is 12.0 Å². The minimum absolute atomic E-state index is 0.0248. The standard InChI is InChI=1S/C15H11Cl4NO2/c16-8-4-5-9(12(18)6-8)13(21)7-20-15(22)10-2-1-3-11(17)14(10)19/h1-6,13,21H,7H2,(H,20,22)/t13-/m0/s1. The van der Waals surface area contributed by atoms with Crippen LogP contribution in [-0.4, -0.2) is 17.6 Å². The van der Waals surface area contributed by atoms with Crippen LogP contribution in [0.25, 0.3) is 0 Å². The van der Waals surface area contributed by atoms with Crippen LogP contribution in [0.4, 0.5) is 0 Å². The molecular weight excluding hydrogens is 368 g/mol. The van der Waals surface area contributed by atoms with Crippen LogP contribution >= 0.6 is 46.4 Å². The molecule has 1 atom stereocenters. The Bertz CT molecular complexity index is 706. The molecule has 2 aromatic rings. The number of nitrogens with one attached hydrogen (secondary N) is 1. The molecule has 1 amide bonds. The maximum Gasteiger partial charge on any atom is 0.252 e. The highest BCUT2D eigenvalue weighted by Crippen LogP contribution is 2.27. The van der Waals surface area contributed by atoms with Crippen LogP contribution in [0.2, 0.25) is 20.1 Å². The maximum atomic E-state index is 12.1. The Hall–Kier alpha value is -0.970. The Morgan fingerprint density at radius 2 is 1.82 bits per heavy atom.